The number of aromatic nitrogens is 1. The number of rotatable bonds is 12. The maximum absolute atomic E-state index is 6.05. The lowest BCUT2D eigenvalue weighted by Crippen LogP contribution is -2.16. The summed E-state index contributed by atoms with van der Waals surface area (Å²) in [5.41, 5.74) is 8.97. The fraction of sp³-hybridized carbons (Fsp3) is 0.240. The number of nitrogens with one attached hydrogen (secondary N) is 1. The minimum Gasteiger partial charge on any atom is -0.490 e. The predicted molar refractivity (Wildman–Crippen MR) is 132 cm³/mol. The molecule has 0 aliphatic carbocycles. The fourth-order valence-electron chi connectivity index (χ4n) is 2.33. The van der Waals surface area contributed by atoms with Gasteiger partial charge in [0.1, 0.15) is 12.4 Å². The lowest BCUT2D eigenvalue weighted by atomic mass is 10.1. The number of allylic oxidation sites excluding steroid dienone is 3. The zero-order chi connectivity index (χ0) is 21.9. The Morgan fingerprint density at radius 1 is 1.17 bits per heavy atom. The molecule has 1 aromatic heterocycles. The number of ether oxygens (including phenoxy) is 1. The Morgan fingerprint density at radius 3 is 2.67 bits per heavy atom. The lowest BCUT2D eigenvalue weighted by Gasteiger charge is -2.07. The monoisotopic (exact) mass is 423 g/mol. The number of nitrogens with zero attached hydrogens (tertiary/aromatic N) is 1. The average molecular weight is 424 g/mol. The van der Waals surface area contributed by atoms with Crippen LogP contribution in [0.4, 0.5) is 0 Å². The smallest absolute Gasteiger partial charge is 0.119 e. The highest BCUT2D eigenvalue weighted by Gasteiger charge is 1.97. The maximum Gasteiger partial charge on any atom is 0.119 e. The quantitative estimate of drug-likeness (QED) is 0.196. The Bertz CT molecular complexity index is 787. The van der Waals surface area contributed by atoms with E-state index >= 15 is 0 Å². The van der Waals surface area contributed by atoms with Crippen molar-refractivity contribution >= 4 is 17.5 Å². The van der Waals surface area contributed by atoms with Gasteiger partial charge in [-0.05, 0) is 36.1 Å². The number of pyridine rings is 1. The first-order valence-corrected chi connectivity index (χ1v) is 11.2. The third-order valence-electron chi connectivity index (χ3n) is 3.73. The molecule has 2 aromatic rings. The van der Waals surface area contributed by atoms with Crippen molar-refractivity contribution in [3.63, 3.8) is 0 Å². The molecule has 2 rings (SSSR count). The molecule has 30 heavy (non-hydrogen) atoms. The highest BCUT2D eigenvalue weighted by molar-refractivity contribution is 8.02. The van der Waals surface area contributed by atoms with Gasteiger partial charge in [0.05, 0.1) is 0 Å². The molecule has 0 radical (unpaired) electrons. The van der Waals surface area contributed by atoms with E-state index in [0.717, 1.165) is 35.9 Å². The molecule has 1 aromatic carbocycles. The summed E-state index contributed by atoms with van der Waals surface area (Å²) in [5.74, 6) is 1.65. The number of thioether (sulfide) groups is 1. The summed E-state index contributed by atoms with van der Waals surface area (Å²) >= 11 is 1.63. The summed E-state index contributed by atoms with van der Waals surface area (Å²) in [4.78, 5) is 4.07. The standard InChI is InChI=1S/C23H27N3OS.C2H6/c1-2-9-20(10-6-7-15-27-22-12-4-3-5-13-22)16-26-19-28-18-23(24)21-11-8-14-25-17-21;1-2/h2-9,11-14,17-18,26H,1,10,15-16,19,24H2;1-2H3/b7-6-,20-9+,23-18-;. The minimum absolute atomic E-state index is 0.563. The van der Waals surface area contributed by atoms with Crippen LogP contribution in [-0.2, 0) is 0 Å². The van der Waals surface area contributed by atoms with Gasteiger partial charge < -0.3 is 15.8 Å². The topological polar surface area (TPSA) is 60.2 Å². The second kappa shape index (κ2) is 17.1. The van der Waals surface area contributed by atoms with Crippen molar-refractivity contribution in [3.8, 4) is 5.75 Å². The number of hydrogen-bond acceptors (Lipinski definition) is 5. The van der Waals surface area contributed by atoms with Gasteiger partial charge in [-0.2, -0.15) is 0 Å². The molecule has 1 heterocycles. The Kier molecular flexibility index (Phi) is 14.4. The fourth-order valence-corrected chi connectivity index (χ4v) is 2.95. The average Bonchev–Trinajstić information content (AvgIpc) is 2.81. The summed E-state index contributed by atoms with van der Waals surface area (Å²) in [6.45, 7) is 9.15. The molecule has 4 nitrogen and oxygen atoms in total. The molecule has 0 fully saturated rings. The molecule has 5 heteroatoms. The molecular weight excluding hydrogens is 390 g/mol. The Hall–Kier alpha value is -2.76. The largest absolute Gasteiger partial charge is 0.490 e. The maximum atomic E-state index is 6.05. The van der Waals surface area contributed by atoms with E-state index in [2.05, 4.69) is 23.0 Å². The first-order chi connectivity index (χ1) is 14.8. The van der Waals surface area contributed by atoms with E-state index in [0.29, 0.717) is 6.61 Å². The van der Waals surface area contributed by atoms with Gasteiger partial charge >= 0.3 is 0 Å². The van der Waals surface area contributed by atoms with E-state index in [1.165, 1.54) is 5.57 Å². The Labute approximate surface area is 185 Å². The molecule has 0 atom stereocenters. The second-order valence-corrected chi connectivity index (χ2v) is 6.77. The molecule has 0 unspecified atom stereocenters. The summed E-state index contributed by atoms with van der Waals surface area (Å²) in [7, 11) is 0. The minimum atomic E-state index is 0.563. The molecule has 0 spiro atoms. The molecule has 160 valence electrons. The van der Waals surface area contributed by atoms with Crippen molar-refractivity contribution in [2.75, 3.05) is 19.0 Å². The van der Waals surface area contributed by atoms with E-state index in [-0.39, 0.29) is 0 Å². The van der Waals surface area contributed by atoms with Crippen LogP contribution in [0.2, 0.25) is 0 Å². The van der Waals surface area contributed by atoms with Gasteiger partial charge in [-0.1, -0.05) is 68.5 Å². The van der Waals surface area contributed by atoms with Crippen molar-refractivity contribution in [1.82, 2.24) is 10.3 Å². The van der Waals surface area contributed by atoms with Crippen LogP contribution >= 0.6 is 11.8 Å². The molecule has 0 saturated carbocycles. The zero-order valence-electron chi connectivity index (χ0n) is 18.0. The van der Waals surface area contributed by atoms with Crippen LogP contribution in [0.3, 0.4) is 0 Å². The first kappa shape index (κ1) is 25.3. The van der Waals surface area contributed by atoms with Gasteiger partial charge in [-0.3, -0.25) is 4.98 Å². The number of hydrogen-bond donors (Lipinski definition) is 2. The van der Waals surface area contributed by atoms with Crippen molar-refractivity contribution in [1.29, 1.82) is 0 Å². The summed E-state index contributed by atoms with van der Waals surface area (Å²) < 4.78 is 5.65. The molecule has 0 bridgehead atoms. The van der Waals surface area contributed by atoms with Gasteiger partial charge in [0, 0.05) is 36.1 Å². The van der Waals surface area contributed by atoms with Crippen LogP contribution in [0.5, 0.6) is 5.75 Å². The third-order valence-corrected chi connectivity index (χ3v) is 4.52. The molecule has 0 saturated heterocycles. The van der Waals surface area contributed by atoms with Gasteiger partial charge in [0.15, 0.2) is 0 Å². The van der Waals surface area contributed by atoms with Crippen LogP contribution < -0.4 is 15.8 Å². The molecule has 3 N–H and O–H groups in total. The number of para-hydroxylation sites is 1. The summed E-state index contributed by atoms with van der Waals surface area (Å²) in [5, 5.41) is 5.36. The highest BCUT2D eigenvalue weighted by Crippen LogP contribution is 2.12. The van der Waals surface area contributed by atoms with Gasteiger partial charge in [-0.25, -0.2) is 0 Å². The van der Waals surface area contributed by atoms with Crippen LogP contribution in [-0.4, -0.2) is 24.0 Å². The normalized spacial score (nSPS) is 11.7. The van der Waals surface area contributed by atoms with Gasteiger partial charge in [0.2, 0.25) is 0 Å². The van der Waals surface area contributed by atoms with E-state index in [4.69, 9.17) is 10.5 Å². The molecule has 0 aliphatic heterocycles. The summed E-state index contributed by atoms with van der Waals surface area (Å²) in [6, 6.07) is 13.6. The van der Waals surface area contributed by atoms with Crippen molar-refractivity contribution in [3.05, 3.63) is 102 Å². The third kappa shape index (κ3) is 11.3. The van der Waals surface area contributed by atoms with E-state index in [1.54, 1.807) is 24.2 Å². The van der Waals surface area contributed by atoms with Gasteiger partial charge in [0.25, 0.3) is 0 Å². The first-order valence-electron chi connectivity index (χ1n) is 10.1. The van der Waals surface area contributed by atoms with Crippen molar-refractivity contribution < 1.29 is 4.74 Å². The lowest BCUT2D eigenvalue weighted by molar-refractivity contribution is 0.362. The molecular formula is C25H33N3OS. The molecule has 0 amide bonds. The number of nitrogens with two attached hydrogens (primary N) is 1. The summed E-state index contributed by atoms with van der Waals surface area (Å²) in [6.07, 6.45) is 12.4. The van der Waals surface area contributed by atoms with Crippen LogP contribution in [0.15, 0.2) is 96.7 Å². The number of benzene rings is 1. The van der Waals surface area contributed by atoms with Crippen molar-refractivity contribution in [2.24, 2.45) is 5.73 Å². The van der Waals surface area contributed by atoms with E-state index in [9.17, 15) is 0 Å². The van der Waals surface area contributed by atoms with Crippen LogP contribution in [0.25, 0.3) is 5.70 Å². The van der Waals surface area contributed by atoms with E-state index in [1.807, 2.05) is 79.9 Å². The van der Waals surface area contributed by atoms with E-state index < -0.39 is 0 Å². The molecule has 0 aliphatic rings. The Morgan fingerprint density at radius 2 is 1.97 bits per heavy atom. The second-order valence-electron chi connectivity index (χ2n) is 5.91. The van der Waals surface area contributed by atoms with Crippen molar-refractivity contribution in [2.45, 2.75) is 20.3 Å². The van der Waals surface area contributed by atoms with Crippen LogP contribution in [0.1, 0.15) is 25.8 Å². The zero-order valence-corrected chi connectivity index (χ0v) is 18.8. The SMILES string of the molecule is C=C/C=C(\C/C=C\COc1ccccc1)CNCS/C=C(\N)c1cccnc1.CC. The predicted octanol–water partition coefficient (Wildman–Crippen LogP) is 5.78. The van der Waals surface area contributed by atoms with Gasteiger partial charge in [-0.15, -0.1) is 11.8 Å². The Balaban J connectivity index is 0.00000218. The van der Waals surface area contributed by atoms with Crippen LogP contribution in [0, 0.1) is 0 Å². The highest BCUT2D eigenvalue weighted by atomic mass is 32.2.